The summed E-state index contributed by atoms with van der Waals surface area (Å²) in [6.07, 6.45) is 0. The van der Waals surface area contributed by atoms with Gasteiger partial charge in [0.25, 0.3) is 0 Å². The van der Waals surface area contributed by atoms with Gasteiger partial charge in [-0.3, -0.25) is 9.20 Å². The number of nitrogens with one attached hydrogen (secondary N) is 1. The molecule has 0 fully saturated rings. The lowest BCUT2D eigenvalue weighted by molar-refractivity contribution is -0.115. The molecule has 0 aliphatic rings. The number of halogens is 1. The van der Waals surface area contributed by atoms with E-state index in [0.717, 1.165) is 16.6 Å². The van der Waals surface area contributed by atoms with E-state index in [4.69, 9.17) is 0 Å². The minimum Gasteiger partial charge on any atom is -0.325 e. The highest BCUT2D eigenvalue weighted by atomic mass is 32.2. The van der Waals surface area contributed by atoms with E-state index in [2.05, 4.69) is 15.5 Å². The lowest BCUT2D eigenvalue weighted by Gasteiger charge is -2.11. The smallest absolute Gasteiger partial charge is 0.237 e. The fourth-order valence-electron chi connectivity index (χ4n) is 2.68. The number of benzene rings is 2. The van der Waals surface area contributed by atoms with E-state index in [1.54, 1.807) is 6.92 Å². The molecule has 0 saturated carbocycles. The molecule has 4 aromatic rings. The first-order chi connectivity index (χ1) is 12.6. The number of hydrogen-bond acceptors (Lipinski definition) is 4. The normalized spacial score (nSPS) is 12.4. The van der Waals surface area contributed by atoms with Gasteiger partial charge in [0.05, 0.1) is 10.8 Å². The minimum atomic E-state index is -0.397. The van der Waals surface area contributed by atoms with Crippen molar-refractivity contribution in [2.45, 2.75) is 17.3 Å². The van der Waals surface area contributed by atoms with Crippen LogP contribution in [0.25, 0.3) is 16.6 Å². The van der Waals surface area contributed by atoms with Gasteiger partial charge in [0.1, 0.15) is 5.82 Å². The Morgan fingerprint density at radius 3 is 2.65 bits per heavy atom. The average molecular weight is 366 g/mol. The van der Waals surface area contributed by atoms with Crippen molar-refractivity contribution in [3.63, 3.8) is 0 Å². The molecule has 1 amide bonds. The van der Waals surface area contributed by atoms with Gasteiger partial charge in [-0.1, -0.05) is 30.0 Å². The number of rotatable bonds is 4. The molecule has 0 radical (unpaired) electrons. The molecule has 0 aliphatic carbocycles. The van der Waals surface area contributed by atoms with Gasteiger partial charge in [0, 0.05) is 5.69 Å². The van der Waals surface area contributed by atoms with Crippen molar-refractivity contribution in [3.05, 3.63) is 66.5 Å². The van der Waals surface area contributed by atoms with Crippen LogP contribution in [-0.4, -0.2) is 25.8 Å². The molecule has 0 unspecified atom stereocenters. The fraction of sp³-hybridized carbons (Fsp3) is 0.105. The third-order valence-electron chi connectivity index (χ3n) is 4.01. The Morgan fingerprint density at radius 1 is 1.08 bits per heavy atom. The molecule has 5 nitrogen and oxygen atoms in total. The van der Waals surface area contributed by atoms with Crippen molar-refractivity contribution >= 4 is 39.9 Å². The number of carbonyl (C=O) groups excluding carboxylic acids is 1. The van der Waals surface area contributed by atoms with Crippen molar-refractivity contribution in [2.24, 2.45) is 0 Å². The second-order valence-corrected chi connectivity index (χ2v) is 7.13. The summed E-state index contributed by atoms with van der Waals surface area (Å²) >= 11 is 1.33. The number of aromatic nitrogens is 3. The quantitative estimate of drug-likeness (QED) is 0.552. The summed E-state index contributed by atoms with van der Waals surface area (Å²) in [5, 5.41) is 12.5. The molecule has 7 heteroatoms. The van der Waals surface area contributed by atoms with Crippen LogP contribution in [0.4, 0.5) is 10.1 Å². The van der Waals surface area contributed by atoms with Crippen LogP contribution in [0, 0.1) is 5.82 Å². The molecule has 2 aromatic carbocycles. The van der Waals surface area contributed by atoms with E-state index < -0.39 is 5.25 Å². The van der Waals surface area contributed by atoms with Gasteiger partial charge in [0.2, 0.25) is 5.91 Å². The molecule has 4 rings (SSSR count). The molecule has 130 valence electrons. The van der Waals surface area contributed by atoms with E-state index in [1.165, 1.54) is 36.0 Å². The Labute approximate surface area is 153 Å². The highest BCUT2D eigenvalue weighted by molar-refractivity contribution is 8.00. The van der Waals surface area contributed by atoms with E-state index in [1.807, 2.05) is 40.8 Å². The van der Waals surface area contributed by atoms with Gasteiger partial charge < -0.3 is 5.32 Å². The zero-order valence-corrected chi connectivity index (χ0v) is 14.7. The van der Waals surface area contributed by atoms with Crippen LogP contribution in [-0.2, 0) is 4.79 Å². The number of carbonyl (C=O) groups is 1. The monoisotopic (exact) mass is 366 g/mol. The van der Waals surface area contributed by atoms with Gasteiger partial charge in [-0.2, -0.15) is 0 Å². The maximum absolute atomic E-state index is 13.0. The number of pyridine rings is 1. The Kier molecular flexibility index (Phi) is 4.30. The minimum absolute atomic E-state index is 0.182. The highest BCUT2D eigenvalue weighted by Gasteiger charge is 2.19. The standard InChI is InChI=1S/C19H15FN4OS/c1-12(18(25)21-15-9-7-14(20)8-10-15)26-19-23-22-17-11-6-13-4-2-3-5-16(13)24(17)19/h2-12H,1H3,(H,21,25)/t12-/m1/s1. The zero-order chi connectivity index (χ0) is 18.1. The van der Waals surface area contributed by atoms with Gasteiger partial charge in [-0.25, -0.2) is 4.39 Å². The molecule has 0 saturated heterocycles. The van der Waals surface area contributed by atoms with Crippen LogP contribution in [0.5, 0.6) is 0 Å². The van der Waals surface area contributed by atoms with Gasteiger partial charge >= 0.3 is 0 Å². The molecule has 1 atom stereocenters. The highest BCUT2D eigenvalue weighted by Crippen LogP contribution is 2.26. The summed E-state index contributed by atoms with van der Waals surface area (Å²) in [4.78, 5) is 12.4. The van der Waals surface area contributed by atoms with Crippen LogP contribution in [0.1, 0.15) is 6.92 Å². The van der Waals surface area contributed by atoms with E-state index in [9.17, 15) is 9.18 Å². The number of thioether (sulfide) groups is 1. The topological polar surface area (TPSA) is 59.3 Å². The summed E-state index contributed by atoms with van der Waals surface area (Å²) < 4.78 is 14.9. The van der Waals surface area contributed by atoms with E-state index in [-0.39, 0.29) is 11.7 Å². The molecule has 26 heavy (non-hydrogen) atoms. The third kappa shape index (κ3) is 3.13. The van der Waals surface area contributed by atoms with Crippen LogP contribution in [0.3, 0.4) is 0 Å². The lowest BCUT2D eigenvalue weighted by Crippen LogP contribution is -2.22. The maximum atomic E-state index is 13.0. The Morgan fingerprint density at radius 2 is 1.85 bits per heavy atom. The molecule has 0 aliphatic heterocycles. The van der Waals surface area contributed by atoms with Crippen LogP contribution >= 0.6 is 11.8 Å². The lowest BCUT2D eigenvalue weighted by atomic mass is 10.2. The van der Waals surface area contributed by atoms with Crippen LogP contribution in [0.15, 0.2) is 65.8 Å². The second kappa shape index (κ2) is 6.76. The SMILES string of the molecule is C[C@@H](Sc1nnc2ccc3ccccc3n12)C(=O)Nc1ccc(F)cc1. The predicted molar refractivity (Wildman–Crippen MR) is 101 cm³/mol. The number of para-hydroxylation sites is 1. The van der Waals surface area contributed by atoms with Crippen LogP contribution in [0.2, 0.25) is 0 Å². The van der Waals surface area contributed by atoms with Crippen molar-refractivity contribution in [1.82, 2.24) is 14.6 Å². The average Bonchev–Trinajstić information content (AvgIpc) is 3.07. The number of nitrogens with zero attached hydrogens (tertiary/aromatic N) is 3. The Hall–Kier alpha value is -2.93. The number of amides is 1. The number of fused-ring (bicyclic) bond motifs is 3. The van der Waals surface area contributed by atoms with Gasteiger partial charge in [-0.15, -0.1) is 10.2 Å². The zero-order valence-electron chi connectivity index (χ0n) is 13.9. The van der Waals surface area contributed by atoms with Gasteiger partial charge in [-0.05, 0) is 54.8 Å². The van der Waals surface area contributed by atoms with E-state index in [0.29, 0.717) is 10.8 Å². The summed E-state index contributed by atoms with van der Waals surface area (Å²) in [7, 11) is 0. The Balaban J connectivity index is 1.59. The van der Waals surface area contributed by atoms with Crippen molar-refractivity contribution in [1.29, 1.82) is 0 Å². The van der Waals surface area contributed by atoms with Crippen molar-refractivity contribution < 1.29 is 9.18 Å². The molecule has 2 heterocycles. The summed E-state index contributed by atoms with van der Waals surface area (Å²) in [6.45, 7) is 1.80. The van der Waals surface area contributed by atoms with Gasteiger partial charge in [0.15, 0.2) is 10.8 Å². The molecular weight excluding hydrogens is 351 g/mol. The first-order valence-electron chi connectivity index (χ1n) is 8.08. The van der Waals surface area contributed by atoms with Crippen LogP contribution < -0.4 is 5.32 Å². The molecule has 1 N–H and O–H groups in total. The molecular formula is C19H15FN4OS. The Bertz CT molecular complexity index is 1090. The molecule has 2 aromatic heterocycles. The van der Waals surface area contributed by atoms with E-state index >= 15 is 0 Å². The third-order valence-corrected chi connectivity index (χ3v) is 5.05. The summed E-state index contributed by atoms with van der Waals surface area (Å²) in [5.74, 6) is -0.522. The summed E-state index contributed by atoms with van der Waals surface area (Å²) in [5.41, 5.74) is 2.28. The molecule has 0 spiro atoms. The number of anilines is 1. The first kappa shape index (κ1) is 16.5. The first-order valence-corrected chi connectivity index (χ1v) is 8.96. The fourth-order valence-corrected chi connectivity index (χ4v) is 3.54. The van der Waals surface area contributed by atoms with Crippen molar-refractivity contribution in [3.8, 4) is 0 Å². The second-order valence-electron chi connectivity index (χ2n) is 5.82. The predicted octanol–water partition coefficient (Wildman–Crippen LogP) is 4.14. The largest absolute Gasteiger partial charge is 0.325 e. The maximum Gasteiger partial charge on any atom is 0.237 e. The van der Waals surface area contributed by atoms with Crippen molar-refractivity contribution in [2.75, 3.05) is 5.32 Å². The summed E-state index contributed by atoms with van der Waals surface area (Å²) in [6, 6.07) is 17.5. The number of hydrogen-bond donors (Lipinski definition) is 1. The molecule has 0 bridgehead atoms.